The van der Waals surface area contributed by atoms with Gasteiger partial charge in [0.25, 0.3) is 0 Å². The quantitative estimate of drug-likeness (QED) is 0.587. The van der Waals surface area contributed by atoms with Crippen molar-refractivity contribution < 1.29 is 5.11 Å². The lowest BCUT2D eigenvalue weighted by Crippen LogP contribution is -2.57. The van der Waals surface area contributed by atoms with Gasteiger partial charge < -0.3 is 10.0 Å². The molecule has 1 heterocycles. The van der Waals surface area contributed by atoms with E-state index < -0.39 is 0 Å². The van der Waals surface area contributed by atoms with E-state index >= 15 is 0 Å². The maximum atomic E-state index is 10.2. The highest BCUT2D eigenvalue weighted by molar-refractivity contribution is 4.98. The minimum absolute atomic E-state index is 0.370. The summed E-state index contributed by atoms with van der Waals surface area (Å²) in [5.74, 6) is 1.05. The van der Waals surface area contributed by atoms with Crippen LogP contribution in [0, 0.1) is 11.8 Å². The maximum Gasteiger partial charge on any atom is 0.0700 e. The third kappa shape index (κ3) is 1.17. The number of fused-ring (bicyclic) bond motifs is 2. The zero-order valence-corrected chi connectivity index (χ0v) is 8.08. The predicted octanol–water partition coefficient (Wildman–Crippen LogP) is 1.10. The number of rotatable bonds is 0. The van der Waals surface area contributed by atoms with Crippen LogP contribution in [0.25, 0.3) is 0 Å². The van der Waals surface area contributed by atoms with Crippen LogP contribution >= 0.6 is 0 Å². The first-order chi connectivity index (χ1) is 5.60. The molecule has 2 aliphatic rings. The number of aliphatic hydroxyl groups is 1. The van der Waals surface area contributed by atoms with Gasteiger partial charge in [0, 0.05) is 24.9 Å². The molecular weight excluding hydrogens is 150 g/mol. The molecule has 0 aromatic carbocycles. The molecule has 1 N–H and O–H groups in total. The Bertz CT molecular complexity index is 163. The van der Waals surface area contributed by atoms with E-state index in [-0.39, 0.29) is 5.60 Å². The van der Waals surface area contributed by atoms with Crippen LogP contribution < -0.4 is 0 Å². The Hall–Kier alpha value is -0.0800. The third-order valence-electron chi connectivity index (χ3n) is 3.82. The van der Waals surface area contributed by atoms with Crippen molar-refractivity contribution in [2.75, 3.05) is 20.1 Å². The molecule has 70 valence electrons. The predicted molar refractivity (Wildman–Crippen MR) is 49.0 cm³/mol. The monoisotopic (exact) mass is 169 g/mol. The molecule has 1 aliphatic heterocycles. The van der Waals surface area contributed by atoms with Crippen molar-refractivity contribution in [3.63, 3.8) is 0 Å². The molecule has 0 aromatic rings. The first kappa shape index (κ1) is 8.52. The smallest absolute Gasteiger partial charge is 0.0700 e. The largest absolute Gasteiger partial charge is 0.390 e. The fourth-order valence-electron chi connectivity index (χ4n) is 2.91. The van der Waals surface area contributed by atoms with Crippen molar-refractivity contribution in [1.82, 2.24) is 4.90 Å². The third-order valence-corrected chi connectivity index (χ3v) is 3.82. The van der Waals surface area contributed by atoms with Gasteiger partial charge in [-0.2, -0.15) is 0 Å². The van der Waals surface area contributed by atoms with E-state index in [9.17, 15) is 5.11 Å². The molecule has 12 heavy (non-hydrogen) atoms. The zero-order valence-electron chi connectivity index (χ0n) is 8.08. The molecule has 0 spiro atoms. The van der Waals surface area contributed by atoms with Gasteiger partial charge in [0.15, 0.2) is 0 Å². The van der Waals surface area contributed by atoms with Crippen molar-refractivity contribution in [3.05, 3.63) is 0 Å². The molecule has 2 fully saturated rings. The highest BCUT2D eigenvalue weighted by atomic mass is 16.3. The van der Waals surface area contributed by atoms with Gasteiger partial charge in [-0.1, -0.05) is 6.42 Å². The molecule has 2 nitrogen and oxygen atoms in total. The Labute approximate surface area is 74.6 Å². The second-order valence-corrected chi connectivity index (χ2v) is 4.77. The Morgan fingerprint density at radius 3 is 2.25 bits per heavy atom. The van der Waals surface area contributed by atoms with E-state index in [4.69, 9.17) is 0 Å². The fourth-order valence-corrected chi connectivity index (χ4v) is 2.91. The van der Waals surface area contributed by atoms with Crippen molar-refractivity contribution in [2.24, 2.45) is 11.8 Å². The van der Waals surface area contributed by atoms with Gasteiger partial charge in [0.2, 0.25) is 0 Å². The lowest BCUT2D eigenvalue weighted by Gasteiger charge is -2.50. The van der Waals surface area contributed by atoms with Crippen LogP contribution in [0.2, 0.25) is 0 Å². The summed E-state index contributed by atoms with van der Waals surface area (Å²) >= 11 is 0. The van der Waals surface area contributed by atoms with Crippen LogP contribution in [0.3, 0.4) is 0 Å². The van der Waals surface area contributed by atoms with Crippen molar-refractivity contribution in [2.45, 2.75) is 31.8 Å². The molecule has 2 bridgehead atoms. The highest BCUT2D eigenvalue weighted by Gasteiger charge is 2.46. The molecule has 3 atom stereocenters. The Morgan fingerprint density at radius 2 is 1.75 bits per heavy atom. The number of nitrogens with zero attached hydrogens (tertiary/aromatic N) is 1. The van der Waals surface area contributed by atoms with Crippen LogP contribution in [-0.4, -0.2) is 35.7 Å². The van der Waals surface area contributed by atoms with Gasteiger partial charge in [-0.15, -0.1) is 0 Å². The lowest BCUT2D eigenvalue weighted by molar-refractivity contribution is -0.122. The molecule has 0 radical (unpaired) electrons. The number of likely N-dealkylation sites (tertiary alicyclic amines) is 1. The SMILES string of the molecule is CN1C[C@H]2CCC[C@@H](C1)C2(C)O. The van der Waals surface area contributed by atoms with Gasteiger partial charge in [-0.3, -0.25) is 0 Å². The number of piperidine rings is 1. The molecule has 2 heteroatoms. The summed E-state index contributed by atoms with van der Waals surface area (Å²) in [6.07, 6.45) is 3.75. The minimum Gasteiger partial charge on any atom is -0.390 e. The zero-order chi connectivity index (χ0) is 8.77. The number of hydrogen-bond donors (Lipinski definition) is 1. The highest BCUT2D eigenvalue weighted by Crippen LogP contribution is 2.41. The first-order valence-corrected chi connectivity index (χ1v) is 5.01. The Balaban J connectivity index is 2.18. The van der Waals surface area contributed by atoms with Crippen molar-refractivity contribution >= 4 is 0 Å². The normalized spacial score (nSPS) is 49.2. The molecule has 1 saturated heterocycles. The van der Waals surface area contributed by atoms with Gasteiger partial charge >= 0.3 is 0 Å². The lowest BCUT2D eigenvalue weighted by atomic mass is 9.67. The molecule has 1 unspecified atom stereocenters. The molecule has 1 aliphatic carbocycles. The van der Waals surface area contributed by atoms with Crippen LogP contribution in [0.1, 0.15) is 26.2 Å². The summed E-state index contributed by atoms with van der Waals surface area (Å²) in [4.78, 5) is 2.37. The molecular formula is C10H19NO. The summed E-state index contributed by atoms with van der Waals surface area (Å²) in [7, 11) is 2.17. The van der Waals surface area contributed by atoms with Gasteiger partial charge in [0.05, 0.1) is 5.60 Å². The van der Waals surface area contributed by atoms with Gasteiger partial charge in [-0.25, -0.2) is 0 Å². The summed E-state index contributed by atoms with van der Waals surface area (Å²) in [5, 5.41) is 10.2. The fraction of sp³-hybridized carbons (Fsp3) is 1.00. The maximum absolute atomic E-state index is 10.2. The molecule has 0 aromatic heterocycles. The summed E-state index contributed by atoms with van der Waals surface area (Å²) in [6, 6.07) is 0. The van der Waals surface area contributed by atoms with E-state index in [0.29, 0.717) is 11.8 Å². The van der Waals surface area contributed by atoms with Crippen LogP contribution in [-0.2, 0) is 0 Å². The first-order valence-electron chi connectivity index (χ1n) is 5.01. The summed E-state index contributed by atoms with van der Waals surface area (Å²) < 4.78 is 0. The molecule has 0 amide bonds. The van der Waals surface area contributed by atoms with E-state index in [1.165, 1.54) is 19.3 Å². The van der Waals surface area contributed by atoms with E-state index in [0.717, 1.165) is 13.1 Å². The van der Waals surface area contributed by atoms with Gasteiger partial charge in [0.1, 0.15) is 0 Å². The van der Waals surface area contributed by atoms with Gasteiger partial charge in [-0.05, 0) is 26.8 Å². The second kappa shape index (κ2) is 2.71. The Kier molecular flexibility index (Phi) is 1.92. The second-order valence-electron chi connectivity index (χ2n) is 4.77. The van der Waals surface area contributed by atoms with Crippen molar-refractivity contribution in [1.29, 1.82) is 0 Å². The number of hydrogen-bond acceptors (Lipinski definition) is 2. The van der Waals surface area contributed by atoms with Crippen LogP contribution in [0.5, 0.6) is 0 Å². The minimum atomic E-state index is -0.370. The van der Waals surface area contributed by atoms with Crippen LogP contribution in [0.4, 0.5) is 0 Å². The van der Waals surface area contributed by atoms with Crippen molar-refractivity contribution in [3.8, 4) is 0 Å². The average molecular weight is 169 g/mol. The summed E-state index contributed by atoms with van der Waals surface area (Å²) in [6.45, 7) is 4.21. The topological polar surface area (TPSA) is 23.5 Å². The standard InChI is InChI=1S/C10H19NO/c1-10(12)8-4-3-5-9(10)7-11(2)6-8/h8-9,12H,3-7H2,1-2H3/t8-,9+,10?. The average Bonchev–Trinajstić information content (AvgIpc) is 1.92. The molecule has 2 rings (SSSR count). The summed E-state index contributed by atoms with van der Waals surface area (Å²) in [5.41, 5.74) is -0.370. The molecule has 1 saturated carbocycles. The Morgan fingerprint density at radius 1 is 1.25 bits per heavy atom. The van der Waals surface area contributed by atoms with E-state index in [2.05, 4.69) is 11.9 Å². The van der Waals surface area contributed by atoms with E-state index in [1.807, 2.05) is 6.92 Å². The van der Waals surface area contributed by atoms with Crippen LogP contribution in [0.15, 0.2) is 0 Å². The van der Waals surface area contributed by atoms with E-state index in [1.54, 1.807) is 0 Å².